The Morgan fingerprint density at radius 2 is 1.90 bits per heavy atom. The third-order valence-electron chi connectivity index (χ3n) is 1.03. The molecule has 0 saturated heterocycles. The number of nitrogens with two attached hydrogens (primary N) is 1. The molecule has 0 aromatic carbocycles. The van der Waals surface area contributed by atoms with Gasteiger partial charge in [-0.15, -0.1) is 23.5 Å². The van der Waals surface area contributed by atoms with Crippen molar-refractivity contribution in [3.8, 4) is 0 Å². The molecule has 0 heterocycles. The molecule has 60 valence electrons. The van der Waals surface area contributed by atoms with Crippen molar-refractivity contribution >= 4 is 29.6 Å². The summed E-state index contributed by atoms with van der Waals surface area (Å²) >= 11 is 2.88. The number of carbonyl (C=O) groups excluding carboxylic acids is 1. The van der Waals surface area contributed by atoms with Crippen LogP contribution in [0.15, 0.2) is 0 Å². The molecule has 0 rings (SSSR count). The quantitative estimate of drug-likeness (QED) is 0.670. The molecule has 0 spiro atoms. The van der Waals surface area contributed by atoms with E-state index in [2.05, 4.69) is 0 Å². The first-order chi connectivity index (χ1) is 4.54. The molecular formula is C5H11NO2S2. The van der Waals surface area contributed by atoms with Gasteiger partial charge in [-0.25, -0.2) is 4.79 Å². The topological polar surface area (TPSA) is 52.3 Å². The molecule has 0 aliphatic carbocycles. The monoisotopic (exact) mass is 181 g/mol. The van der Waals surface area contributed by atoms with Crippen molar-refractivity contribution in [1.29, 1.82) is 0 Å². The van der Waals surface area contributed by atoms with Crippen molar-refractivity contribution in [1.82, 2.24) is 0 Å². The summed E-state index contributed by atoms with van der Waals surface area (Å²) in [6, 6.07) is 0. The summed E-state index contributed by atoms with van der Waals surface area (Å²) in [7, 11) is 0. The van der Waals surface area contributed by atoms with Gasteiger partial charge < -0.3 is 10.5 Å². The summed E-state index contributed by atoms with van der Waals surface area (Å²) in [5.41, 5.74) is 4.84. The highest BCUT2D eigenvalue weighted by Gasteiger charge is 2.24. The van der Waals surface area contributed by atoms with Crippen LogP contribution in [0.1, 0.15) is 6.92 Å². The molecule has 0 aromatic rings. The molecule has 0 fully saturated rings. The Hall–Kier alpha value is -0.0300. The molecule has 0 atom stereocenters. The summed E-state index contributed by atoms with van der Waals surface area (Å²) in [6.07, 6.45) is 2.99. The summed E-state index contributed by atoms with van der Waals surface area (Å²) in [5, 5.41) is 0. The molecule has 0 bridgehead atoms. The number of ether oxygens (including phenoxy) is 1. The first-order valence-electron chi connectivity index (χ1n) is 2.63. The van der Waals surface area contributed by atoms with Gasteiger partial charge in [0.25, 0.3) is 0 Å². The van der Waals surface area contributed by atoms with Crippen LogP contribution < -0.4 is 5.73 Å². The van der Waals surface area contributed by atoms with Gasteiger partial charge in [0.1, 0.15) is 0 Å². The number of primary amides is 1. The smallest absolute Gasteiger partial charge is 0.406 e. The van der Waals surface area contributed by atoms with Gasteiger partial charge in [0.05, 0.1) is 0 Å². The average molecular weight is 181 g/mol. The van der Waals surface area contributed by atoms with Crippen LogP contribution in [0.4, 0.5) is 4.79 Å². The highest BCUT2D eigenvalue weighted by Crippen LogP contribution is 2.33. The number of hydrogen-bond donors (Lipinski definition) is 1. The lowest BCUT2D eigenvalue weighted by molar-refractivity contribution is 0.140. The zero-order valence-electron chi connectivity index (χ0n) is 6.21. The van der Waals surface area contributed by atoms with Crippen LogP contribution in [0, 0.1) is 0 Å². The molecule has 2 N–H and O–H groups in total. The Balaban J connectivity index is 3.92. The first-order valence-corrected chi connectivity index (χ1v) is 5.08. The molecule has 5 heteroatoms. The Morgan fingerprint density at radius 3 is 2.00 bits per heavy atom. The van der Waals surface area contributed by atoms with E-state index in [0.29, 0.717) is 0 Å². The molecule has 0 aliphatic heterocycles. The van der Waals surface area contributed by atoms with Crippen LogP contribution in [0.25, 0.3) is 0 Å². The maximum absolute atomic E-state index is 10.3. The van der Waals surface area contributed by atoms with E-state index in [0.717, 1.165) is 0 Å². The van der Waals surface area contributed by atoms with Crippen molar-refractivity contribution in [3.63, 3.8) is 0 Å². The SMILES string of the molecule is CSC(C)(OC(N)=O)SC. The van der Waals surface area contributed by atoms with Crippen molar-refractivity contribution in [2.75, 3.05) is 12.5 Å². The van der Waals surface area contributed by atoms with Gasteiger partial charge in [0.2, 0.25) is 4.27 Å². The fourth-order valence-corrected chi connectivity index (χ4v) is 1.35. The number of thioether (sulfide) groups is 2. The molecule has 10 heavy (non-hydrogen) atoms. The molecule has 0 aromatic heterocycles. The minimum atomic E-state index is -0.730. The highest BCUT2D eigenvalue weighted by molar-refractivity contribution is 8.17. The van der Waals surface area contributed by atoms with Gasteiger partial charge in [-0.05, 0) is 19.4 Å². The first kappa shape index (κ1) is 9.97. The fraction of sp³-hybridized carbons (Fsp3) is 0.800. The second-order valence-corrected chi connectivity index (χ2v) is 4.32. The summed E-state index contributed by atoms with van der Waals surface area (Å²) in [4.78, 5) is 10.3. The molecule has 0 saturated carbocycles. The lowest BCUT2D eigenvalue weighted by Crippen LogP contribution is -2.27. The summed E-state index contributed by atoms with van der Waals surface area (Å²) < 4.78 is 4.27. The average Bonchev–Trinajstić information content (AvgIpc) is 1.87. The zero-order valence-corrected chi connectivity index (χ0v) is 7.84. The van der Waals surface area contributed by atoms with E-state index in [1.165, 1.54) is 23.5 Å². The maximum atomic E-state index is 10.3. The lowest BCUT2D eigenvalue weighted by Gasteiger charge is -2.23. The van der Waals surface area contributed by atoms with Crippen LogP contribution in [-0.2, 0) is 4.74 Å². The Morgan fingerprint density at radius 1 is 1.50 bits per heavy atom. The summed E-state index contributed by atoms with van der Waals surface area (Å²) in [5.74, 6) is 0. The van der Waals surface area contributed by atoms with Crippen molar-refractivity contribution in [2.24, 2.45) is 5.73 Å². The predicted molar refractivity (Wildman–Crippen MR) is 46.1 cm³/mol. The van der Waals surface area contributed by atoms with Crippen LogP contribution >= 0.6 is 23.5 Å². The highest BCUT2D eigenvalue weighted by atomic mass is 32.2. The van der Waals surface area contributed by atoms with Gasteiger partial charge in [0.15, 0.2) is 0 Å². The van der Waals surface area contributed by atoms with Gasteiger partial charge in [-0.2, -0.15) is 0 Å². The van der Waals surface area contributed by atoms with E-state index in [1.54, 1.807) is 6.92 Å². The maximum Gasteiger partial charge on any atom is 0.406 e. The lowest BCUT2D eigenvalue weighted by atomic mass is 10.8. The van der Waals surface area contributed by atoms with Gasteiger partial charge >= 0.3 is 6.09 Å². The van der Waals surface area contributed by atoms with E-state index in [9.17, 15) is 4.79 Å². The largest absolute Gasteiger partial charge is 0.423 e. The molecule has 0 radical (unpaired) electrons. The van der Waals surface area contributed by atoms with Gasteiger partial charge in [-0.1, -0.05) is 0 Å². The predicted octanol–water partition coefficient (Wildman–Crippen LogP) is 1.48. The normalized spacial score (nSPS) is 11.1. The Kier molecular flexibility index (Phi) is 3.96. The van der Waals surface area contributed by atoms with E-state index in [4.69, 9.17) is 10.5 Å². The van der Waals surface area contributed by atoms with Crippen LogP contribution in [0.5, 0.6) is 0 Å². The van der Waals surface area contributed by atoms with E-state index >= 15 is 0 Å². The second-order valence-electron chi connectivity index (χ2n) is 1.69. The Labute approximate surface area is 69.1 Å². The van der Waals surface area contributed by atoms with Gasteiger partial charge in [0, 0.05) is 0 Å². The van der Waals surface area contributed by atoms with E-state index < -0.39 is 10.4 Å². The summed E-state index contributed by atoms with van der Waals surface area (Å²) in [6.45, 7) is 1.80. The molecule has 0 aliphatic rings. The minimum Gasteiger partial charge on any atom is -0.423 e. The van der Waals surface area contributed by atoms with E-state index in [1.807, 2.05) is 12.5 Å². The second kappa shape index (κ2) is 3.98. The number of amides is 1. The van der Waals surface area contributed by atoms with Crippen molar-refractivity contribution in [2.45, 2.75) is 11.2 Å². The number of rotatable bonds is 3. The third kappa shape index (κ3) is 3.22. The van der Waals surface area contributed by atoms with Crippen LogP contribution in [-0.4, -0.2) is 22.9 Å². The van der Waals surface area contributed by atoms with Gasteiger partial charge in [-0.3, -0.25) is 0 Å². The van der Waals surface area contributed by atoms with E-state index in [-0.39, 0.29) is 0 Å². The van der Waals surface area contributed by atoms with Crippen LogP contribution in [0.2, 0.25) is 0 Å². The minimum absolute atomic E-state index is 0.536. The molecule has 1 amide bonds. The Bertz CT molecular complexity index is 125. The molecular weight excluding hydrogens is 170 g/mol. The number of hydrogen-bond acceptors (Lipinski definition) is 4. The number of carbonyl (C=O) groups is 1. The fourth-order valence-electron chi connectivity index (χ4n) is 0.349. The van der Waals surface area contributed by atoms with Crippen molar-refractivity contribution in [3.05, 3.63) is 0 Å². The van der Waals surface area contributed by atoms with Crippen LogP contribution in [0.3, 0.4) is 0 Å². The third-order valence-corrected chi connectivity index (χ3v) is 3.68. The molecule has 3 nitrogen and oxygen atoms in total. The standard InChI is InChI=1S/C5H11NO2S2/c1-5(9-2,10-3)8-4(6)7/h1-3H3,(H2,6,7). The molecule has 0 unspecified atom stereocenters. The zero-order chi connectivity index (χ0) is 8.20. The van der Waals surface area contributed by atoms with Crippen molar-refractivity contribution < 1.29 is 9.53 Å².